The van der Waals surface area contributed by atoms with E-state index >= 15 is 0 Å². The quantitative estimate of drug-likeness (QED) is 0.799. The van der Waals surface area contributed by atoms with E-state index in [2.05, 4.69) is 9.88 Å². The Morgan fingerprint density at radius 2 is 1.90 bits per heavy atom. The van der Waals surface area contributed by atoms with Crippen molar-refractivity contribution in [2.24, 2.45) is 0 Å². The maximum Gasteiger partial charge on any atom is 0.205 e. The molecule has 1 aromatic heterocycles. The fourth-order valence-corrected chi connectivity index (χ4v) is 3.91. The standard InChI is InChI=1S/C17H24N2O2/c1-21-14-8-7-11-18-15(14)16(20)17(9-3-4-10-17)19-12-5-2-6-13-19/h7-8,11H,2-6,9-10,12-13H2,1H3. The molecule has 2 aliphatic rings. The number of carbonyl (C=O) groups is 1. The van der Waals surface area contributed by atoms with Gasteiger partial charge in [0.25, 0.3) is 0 Å². The molecule has 4 nitrogen and oxygen atoms in total. The molecule has 1 aliphatic heterocycles. The van der Waals surface area contributed by atoms with Crippen molar-refractivity contribution in [3.05, 3.63) is 24.0 Å². The number of aromatic nitrogens is 1. The Morgan fingerprint density at radius 1 is 1.19 bits per heavy atom. The van der Waals surface area contributed by atoms with Crippen LogP contribution in [0.25, 0.3) is 0 Å². The number of hydrogen-bond acceptors (Lipinski definition) is 4. The van der Waals surface area contributed by atoms with Gasteiger partial charge in [-0.3, -0.25) is 9.69 Å². The minimum Gasteiger partial charge on any atom is -0.494 e. The van der Waals surface area contributed by atoms with Crippen molar-refractivity contribution in [2.75, 3.05) is 20.2 Å². The van der Waals surface area contributed by atoms with Gasteiger partial charge in [-0.05, 0) is 50.9 Å². The van der Waals surface area contributed by atoms with Crippen LogP contribution in [0.5, 0.6) is 5.75 Å². The smallest absolute Gasteiger partial charge is 0.205 e. The van der Waals surface area contributed by atoms with Gasteiger partial charge in [0.2, 0.25) is 5.78 Å². The van der Waals surface area contributed by atoms with Gasteiger partial charge in [-0.25, -0.2) is 4.98 Å². The van der Waals surface area contributed by atoms with E-state index < -0.39 is 0 Å². The lowest BCUT2D eigenvalue weighted by Gasteiger charge is -2.42. The molecule has 1 saturated carbocycles. The molecule has 114 valence electrons. The number of piperidine rings is 1. The molecular formula is C17H24N2O2. The molecule has 0 atom stereocenters. The third-order valence-electron chi connectivity index (χ3n) is 5.02. The number of Topliss-reactive ketones (excluding diaryl/α,β-unsaturated/α-hetero) is 1. The van der Waals surface area contributed by atoms with Crippen molar-refractivity contribution in [1.29, 1.82) is 0 Å². The average Bonchev–Trinajstić information content (AvgIpc) is 3.06. The molecule has 0 N–H and O–H groups in total. The third kappa shape index (κ3) is 2.57. The predicted molar refractivity (Wildman–Crippen MR) is 81.7 cm³/mol. The van der Waals surface area contributed by atoms with Crippen LogP contribution in [0.2, 0.25) is 0 Å². The minimum absolute atomic E-state index is 0.166. The van der Waals surface area contributed by atoms with Gasteiger partial charge in [0.05, 0.1) is 12.6 Å². The lowest BCUT2D eigenvalue weighted by atomic mass is 9.85. The number of ketones is 1. The van der Waals surface area contributed by atoms with Crippen molar-refractivity contribution >= 4 is 5.78 Å². The molecule has 2 heterocycles. The van der Waals surface area contributed by atoms with Crippen LogP contribution in [0.15, 0.2) is 18.3 Å². The van der Waals surface area contributed by atoms with Crippen LogP contribution >= 0.6 is 0 Å². The van der Waals surface area contributed by atoms with E-state index in [0.717, 1.165) is 38.8 Å². The molecular weight excluding hydrogens is 264 g/mol. The van der Waals surface area contributed by atoms with Crippen molar-refractivity contribution in [3.63, 3.8) is 0 Å². The summed E-state index contributed by atoms with van der Waals surface area (Å²) in [4.78, 5) is 20.0. The van der Waals surface area contributed by atoms with E-state index in [1.807, 2.05) is 12.1 Å². The first-order valence-electron chi connectivity index (χ1n) is 8.07. The molecule has 0 bridgehead atoms. The second-order valence-electron chi connectivity index (χ2n) is 6.17. The molecule has 0 amide bonds. The second-order valence-corrected chi connectivity index (χ2v) is 6.17. The Balaban J connectivity index is 1.95. The number of likely N-dealkylation sites (tertiary alicyclic amines) is 1. The first-order valence-corrected chi connectivity index (χ1v) is 8.07. The zero-order valence-corrected chi connectivity index (χ0v) is 12.8. The highest BCUT2D eigenvalue weighted by Gasteiger charge is 2.47. The first kappa shape index (κ1) is 14.5. The summed E-state index contributed by atoms with van der Waals surface area (Å²) in [5, 5.41) is 0. The van der Waals surface area contributed by atoms with Crippen LogP contribution in [0, 0.1) is 0 Å². The van der Waals surface area contributed by atoms with Crippen LogP contribution in [-0.4, -0.2) is 41.4 Å². The molecule has 1 aromatic rings. The number of carbonyl (C=O) groups excluding carboxylic acids is 1. The molecule has 1 saturated heterocycles. The predicted octanol–water partition coefficient (Wildman–Crippen LogP) is 3.07. The van der Waals surface area contributed by atoms with Crippen molar-refractivity contribution < 1.29 is 9.53 Å². The highest BCUT2D eigenvalue weighted by atomic mass is 16.5. The maximum absolute atomic E-state index is 13.3. The Kier molecular flexibility index (Phi) is 4.24. The molecule has 2 fully saturated rings. The number of ether oxygens (including phenoxy) is 1. The van der Waals surface area contributed by atoms with Gasteiger partial charge in [0.1, 0.15) is 11.4 Å². The summed E-state index contributed by atoms with van der Waals surface area (Å²) in [5.41, 5.74) is 0.176. The van der Waals surface area contributed by atoms with Crippen LogP contribution in [0.4, 0.5) is 0 Å². The van der Waals surface area contributed by atoms with E-state index in [0.29, 0.717) is 11.4 Å². The van der Waals surface area contributed by atoms with Gasteiger partial charge in [-0.15, -0.1) is 0 Å². The number of rotatable bonds is 4. The fraction of sp³-hybridized carbons (Fsp3) is 0.647. The Labute approximate surface area is 126 Å². The monoisotopic (exact) mass is 288 g/mol. The largest absolute Gasteiger partial charge is 0.494 e. The highest BCUT2D eigenvalue weighted by molar-refractivity contribution is 6.04. The number of nitrogens with zero attached hydrogens (tertiary/aromatic N) is 2. The SMILES string of the molecule is COc1cccnc1C(=O)C1(N2CCCCC2)CCCC1. The summed E-state index contributed by atoms with van der Waals surface area (Å²) in [7, 11) is 1.61. The van der Waals surface area contributed by atoms with E-state index in [1.54, 1.807) is 13.3 Å². The van der Waals surface area contributed by atoms with Crippen LogP contribution < -0.4 is 4.74 Å². The van der Waals surface area contributed by atoms with E-state index in [4.69, 9.17) is 4.74 Å². The van der Waals surface area contributed by atoms with E-state index in [1.165, 1.54) is 19.3 Å². The lowest BCUT2D eigenvalue weighted by molar-refractivity contribution is 0.0469. The molecule has 0 spiro atoms. The summed E-state index contributed by atoms with van der Waals surface area (Å²) >= 11 is 0. The van der Waals surface area contributed by atoms with Gasteiger partial charge >= 0.3 is 0 Å². The van der Waals surface area contributed by atoms with E-state index in [9.17, 15) is 4.79 Å². The van der Waals surface area contributed by atoms with Crippen LogP contribution in [0.3, 0.4) is 0 Å². The Hall–Kier alpha value is -1.42. The minimum atomic E-state index is -0.331. The molecule has 3 rings (SSSR count). The van der Waals surface area contributed by atoms with Crippen molar-refractivity contribution in [3.8, 4) is 5.75 Å². The summed E-state index contributed by atoms with van der Waals surface area (Å²) < 4.78 is 5.36. The van der Waals surface area contributed by atoms with Crippen LogP contribution in [-0.2, 0) is 0 Å². The highest BCUT2D eigenvalue weighted by Crippen LogP contribution is 2.40. The Morgan fingerprint density at radius 3 is 2.57 bits per heavy atom. The second kappa shape index (κ2) is 6.14. The average molecular weight is 288 g/mol. The zero-order chi connectivity index (χ0) is 14.7. The van der Waals surface area contributed by atoms with Gasteiger partial charge in [-0.2, -0.15) is 0 Å². The van der Waals surface area contributed by atoms with Gasteiger partial charge in [-0.1, -0.05) is 19.3 Å². The zero-order valence-electron chi connectivity index (χ0n) is 12.8. The first-order chi connectivity index (χ1) is 10.3. The Bertz CT molecular complexity index is 503. The van der Waals surface area contributed by atoms with Gasteiger partial charge < -0.3 is 4.74 Å². The van der Waals surface area contributed by atoms with Gasteiger partial charge in [0, 0.05) is 6.20 Å². The van der Waals surface area contributed by atoms with E-state index in [-0.39, 0.29) is 11.3 Å². The summed E-state index contributed by atoms with van der Waals surface area (Å²) in [6.07, 6.45) is 9.58. The number of methoxy groups -OCH3 is 1. The normalized spacial score (nSPS) is 22.1. The van der Waals surface area contributed by atoms with Crippen molar-refractivity contribution in [1.82, 2.24) is 9.88 Å². The molecule has 1 aliphatic carbocycles. The molecule has 0 unspecified atom stereocenters. The van der Waals surface area contributed by atoms with Crippen LogP contribution in [0.1, 0.15) is 55.4 Å². The fourth-order valence-electron chi connectivity index (χ4n) is 3.91. The summed E-state index contributed by atoms with van der Waals surface area (Å²) in [5.74, 6) is 0.769. The maximum atomic E-state index is 13.3. The van der Waals surface area contributed by atoms with Gasteiger partial charge in [0.15, 0.2) is 0 Å². The molecule has 4 heteroatoms. The molecule has 0 radical (unpaired) electrons. The lowest BCUT2D eigenvalue weighted by Crippen LogP contribution is -2.54. The topological polar surface area (TPSA) is 42.4 Å². The third-order valence-corrected chi connectivity index (χ3v) is 5.02. The molecule has 21 heavy (non-hydrogen) atoms. The summed E-state index contributed by atoms with van der Waals surface area (Å²) in [6, 6.07) is 3.65. The summed E-state index contributed by atoms with van der Waals surface area (Å²) in [6.45, 7) is 2.09. The van der Waals surface area contributed by atoms with Crippen molar-refractivity contribution in [2.45, 2.75) is 50.5 Å². The molecule has 0 aromatic carbocycles. The number of pyridine rings is 1. The number of hydrogen-bond donors (Lipinski definition) is 0.